The molecule has 2 heterocycles. The Morgan fingerprint density at radius 3 is 3.04 bits per heavy atom. The lowest BCUT2D eigenvalue weighted by Gasteiger charge is -2.32. The molecule has 0 unspecified atom stereocenters. The van der Waals surface area contributed by atoms with E-state index in [1.807, 2.05) is 36.1 Å². The molecule has 122 valence electrons. The van der Waals surface area contributed by atoms with Gasteiger partial charge in [-0.2, -0.15) is 0 Å². The van der Waals surface area contributed by atoms with Crippen molar-refractivity contribution in [3.63, 3.8) is 0 Å². The van der Waals surface area contributed by atoms with Gasteiger partial charge in [-0.1, -0.05) is 12.1 Å². The summed E-state index contributed by atoms with van der Waals surface area (Å²) in [7, 11) is 0. The first-order valence-corrected chi connectivity index (χ1v) is 8.02. The Balaban J connectivity index is 1.56. The number of nitrogens with zero attached hydrogens (tertiary/aromatic N) is 2. The van der Waals surface area contributed by atoms with Crippen molar-refractivity contribution >= 4 is 5.91 Å². The molecule has 1 fully saturated rings. The standard InChI is InChI=1S/C18H22N2O3/c1-13-5-3-7-16(9-13)23-11-15-6-4-8-20(10-15)18(21)17-12-22-14(2)19-17/h3,5,7,9,12,15H,4,6,8,10-11H2,1-2H3/t15-/m1/s1. The Kier molecular flexibility index (Phi) is 4.65. The third-order valence-electron chi connectivity index (χ3n) is 4.12. The largest absolute Gasteiger partial charge is 0.493 e. The van der Waals surface area contributed by atoms with Crippen LogP contribution >= 0.6 is 0 Å². The average Bonchev–Trinajstić information content (AvgIpc) is 2.99. The van der Waals surface area contributed by atoms with E-state index in [1.54, 1.807) is 6.92 Å². The Hall–Kier alpha value is -2.30. The van der Waals surface area contributed by atoms with Gasteiger partial charge in [-0.15, -0.1) is 0 Å². The molecule has 3 rings (SSSR count). The highest BCUT2D eigenvalue weighted by atomic mass is 16.5. The maximum atomic E-state index is 12.4. The van der Waals surface area contributed by atoms with Crippen molar-refractivity contribution in [2.24, 2.45) is 5.92 Å². The molecule has 0 bridgehead atoms. The van der Waals surface area contributed by atoms with Crippen LogP contribution in [0.15, 0.2) is 34.9 Å². The number of oxazole rings is 1. The minimum Gasteiger partial charge on any atom is -0.493 e. The van der Waals surface area contributed by atoms with Crippen LogP contribution in [0, 0.1) is 19.8 Å². The zero-order valence-corrected chi connectivity index (χ0v) is 13.6. The predicted octanol–water partition coefficient (Wildman–Crippen LogP) is 3.22. The number of carbonyl (C=O) groups is 1. The lowest BCUT2D eigenvalue weighted by Crippen LogP contribution is -2.41. The Bertz CT molecular complexity index is 680. The lowest BCUT2D eigenvalue weighted by atomic mass is 9.98. The molecule has 1 amide bonds. The highest BCUT2D eigenvalue weighted by molar-refractivity contribution is 5.92. The minimum absolute atomic E-state index is 0.0536. The SMILES string of the molecule is Cc1cccc(OC[C@@H]2CCCN(C(=O)c3coc(C)n3)C2)c1. The number of aromatic nitrogens is 1. The number of carbonyl (C=O) groups excluding carboxylic acids is 1. The molecular weight excluding hydrogens is 292 g/mol. The quantitative estimate of drug-likeness (QED) is 0.869. The number of ether oxygens (including phenoxy) is 1. The first kappa shape index (κ1) is 15.6. The van der Waals surface area contributed by atoms with Gasteiger partial charge in [-0.05, 0) is 37.5 Å². The van der Waals surface area contributed by atoms with E-state index in [9.17, 15) is 4.79 Å². The molecule has 1 saturated heterocycles. The van der Waals surface area contributed by atoms with Crippen molar-refractivity contribution < 1.29 is 13.9 Å². The van der Waals surface area contributed by atoms with Crippen molar-refractivity contribution in [3.05, 3.63) is 47.7 Å². The summed E-state index contributed by atoms with van der Waals surface area (Å²) in [6.45, 7) is 5.90. The zero-order chi connectivity index (χ0) is 16.2. The van der Waals surface area contributed by atoms with Crippen LogP contribution in [0.5, 0.6) is 5.75 Å². The Labute approximate surface area is 136 Å². The monoisotopic (exact) mass is 314 g/mol. The van der Waals surface area contributed by atoms with Crippen LogP contribution in [-0.4, -0.2) is 35.5 Å². The van der Waals surface area contributed by atoms with Crippen molar-refractivity contribution in [1.29, 1.82) is 0 Å². The zero-order valence-electron chi connectivity index (χ0n) is 13.6. The molecule has 0 saturated carbocycles. The summed E-state index contributed by atoms with van der Waals surface area (Å²) in [5.74, 6) is 1.70. The summed E-state index contributed by atoms with van der Waals surface area (Å²) in [5, 5.41) is 0. The fraction of sp³-hybridized carbons (Fsp3) is 0.444. The van der Waals surface area contributed by atoms with E-state index in [2.05, 4.69) is 4.98 Å². The van der Waals surface area contributed by atoms with Crippen LogP contribution in [-0.2, 0) is 0 Å². The van der Waals surface area contributed by atoms with Crippen LogP contribution in [0.2, 0.25) is 0 Å². The molecule has 5 nitrogen and oxygen atoms in total. The number of amides is 1. The van der Waals surface area contributed by atoms with Gasteiger partial charge < -0.3 is 14.1 Å². The average molecular weight is 314 g/mol. The molecule has 1 aromatic carbocycles. The summed E-state index contributed by atoms with van der Waals surface area (Å²) in [4.78, 5) is 18.4. The molecule has 5 heteroatoms. The van der Waals surface area contributed by atoms with Crippen LogP contribution in [0.25, 0.3) is 0 Å². The van der Waals surface area contributed by atoms with Gasteiger partial charge in [0.25, 0.3) is 5.91 Å². The molecule has 1 aliphatic rings. The van der Waals surface area contributed by atoms with Crippen molar-refractivity contribution in [1.82, 2.24) is 9.88 Å². The summed E-state index contributed by atoms with van der Waals surface area (Å²) in [6.07, 6.45) is 3.50. The second-order valence-electron chi connectivity index (χ2n) is 6.14. The topological polar surface area (TPSA) is 55.6 Å². The van der Waals surface area contributed by atoms with E-state index < -0.39 is 0 Å². The molecule has 23 heavy (non-hydrogen) atoms. The van der Waals surface area contributed by atoms with E-state index in [0.717, 1.165) is 25.1 Å². The lowest BCUT2D eigenvalue weighted by molar-refractivity contribution is 0.0627. The van der Waals surface area contributed by atoms with Crippen molar-refractivity contribution in [2.75, 3.05) is 19.7 Å². The van der Waals surface area contributed by atoms with E-state index in [4.69, 9.17) is 9.15 Å². The first-order valence-electron chi connectivity index (χ1n) is 8.02. The second kappa shape index (κ2) is 6.86. The molecular formula is C18H22N2O3. The maximum absolute atomic E-state index is 12.4. The molecule has 0 radical (unpaired) electrons. The number of hydrogen-bond acceptors (Lipinski definition) is 4. The van der Waals surface area contributed by atoms with E-state index in [-0.39, 0.29) is 5.91 Å². The van der Waals surface area contributed by atoms with Crippen LogP contribution in [0.4, 0.5) is 0 Å². The normalized spacial score (nSPS) is 18.0. The Morgan fingerprint density at radius 1 is 1.43 bits per heavy atom. The maximum Gasteiger partial charge on any atom is 0.275 e. The number of likely N-dealkylation sites (tertiary alicyclic amines) is 1. The summed E-state index contributed by atoms with van der Waals surface area (Å²) in [6, 6.07) is 8.04. The highest BCUT2D eigenvalue weighted by Gasteiger charge is 2.26. The van der Waals surface area contributed by atoms with Gasteiger partial charge in [0.15, 0.2) is 11.6 Å². The molecule has 0 aliphatic carbocycles. The number of piperidine rings is 1. The third kappa shape index (κ3) is 3.92. The molecule has 1 aliphatic heterocycles. The van der Waals surface area contributed by atoms with Gasteiger partial charge in [0.2, 0.25) is 0 Å². The fourth-order valence-electron chi connectivity index (χ4n) is 2.93. The van der Waals surface area contributed by atoms with Crippen LogP contribution < -0.4 is 4.74 Å². The van der Waals surface area contributed by atoms with Gasteiger partial charge in [0.1, 0.15) is 12.0 Å². The third-order valence-corrected chi connectivity index (χ3v) is 4.12. The minimum atomic E-state index is -0.0536. The van der Waals surface area contributed by atoms with Gasteiger partial charge in [0, 0.05) is 25.9 Å². The first-order chi connectivity index (χ1) is 11.1. The van der Waals surface area contributed by atoms with Gasteiger partial charge in [-0.3, -0.25) is 4.79 Å². The van der Waals surface area contributed by atoms with Gasteiger partial charge in [-0.25, -0.2) is 4.98 Å². The number of rotatable bonds is 4. The molecule has 1 aromatic heterocycles. The van der Waals surface area contributed by atoms with Crippen LogP contribution in [0.3, 0.4) is 0 Å². The molecule has 0 spiro atoms. The predicted molar refractivity (Wildman–Crippen MR) is 86.5 cm³/mol. The van der Waals surface area contributed by atoms with Crippen molar-refractivity contribution in [2.45, 2.75) is 26.7 Å². The van der Waals surface area contributed by atoms with Gasteiger partial charge >= 0.3 is 0 Å². The fourth-order valence-corrected chi connectivity index (χ4v) is 2.93. The van der Waals surface area contributed by atoms with E-state index in [1.165, 1.54) is 11.8 Å². The van der Waals surface area contributed by atoms with Crippen LogP contribution in [0.1, 0.15) is 34.8 Å². The summed E-state index contributed by atoms with van der Waals surface area (Å²) in [5.41, 5.74) is 1.58. The Morgan fingerprint density at radius 2 is 2.30 bits per heavy atom. The number of benzene rings is 1. The summed E-state index contributed by atoms with van der Waals surface area (Å²) >= 11 is 0. The number of aryl methyl sites for hydroxylation is 2. The highest BCUT2D eigenvalue weighted by Crippen LogP contribution is 2.21. The van der Waals surface area contributed by atoms with E-state index >= 15 is 0 Å². The molecule has 2 aromatic rings. The summed E-state index contributed by atoms with van der Waals surface area (Å²) < 4.78 is 11.0. The smallest absolute Gasteiger partial charge is 0.275 e. The second-order valence-corrected chi connectivity index (χ2v) is 6.14. The van der Waals surface area contributed by atoms with Gasteiger partial charge in [0.05, 0.1) is 6.61 Å². The molecule has 1 atom stereocenters. The van der Waals surface area contributed by atoms with Crippen molar-refractivity contribution in [3.8, 4) is 5.75 Å². The number of hydrogen-bond donors (Lipinski definition) is 0. The molecule has 0 N–H and O–H groups in total. The van der Waals surface area contributed by atoms with E-state index in [0.29, 0.717) is 30.7 Å².